The van der Waals surface area contributed by atoms with Gasteiger partial charge < -0.3 is 20.3 Å². The predicted octanol–water partition coefficient (Wildman–Crippen LogP) is 1.95. The Balaban J connectivity index is 1.70. The fourth-order valence-electron chi connectivity index (χ4n) is 4.36. The molecule has 0 radical (unpaired) electrons. The normalized spacial score (nSPS) is 15.6. The molecule has 0 aliphatic carbocycles. The molecule has 0 saturated carbocycles. The number of ether oxygens (including phenoxy) is 1. The molecule has 0 atom stereocenters. The Morgan fingerprint density at radius 3 is 2.58 bits per heavy atom. The Labute approximate surface area is 211 Å². The summed E-state index contributed by atoms with van der Waals surface area (Å²) in [7, 11) is 0. The molecule has 1 aliphatic heterocycles. The summed E-state index contributed by atoms with van der Waals surface area (Å²) in [5, 5.41) is 10.1. The van der Waals surface area contributed by atoms with Gasteiger partial charge in [0.15, 0.2) is 5.78 Å². The number of hydrogen-bond acceptors (Lipinski definition) is 6. The van der Waals surface area contributed by atoms with Crippen LogP contribution in [0.3, 0.4) is 0 Å². The number of nitrogens with one attached hydrogen (secondary N) is 2. The average Bonchev–Trinajstić information content (AvgIpc) is 3.12. The van der Waals surface area contributed by atoms with E-state index in [0.29, 0.717) is 55.2 Å². The molecule has 1 aromatic carbocycles. The summed E-state index contributed by atoms with van der Waals surface area (Å²) in [4.78, 5) is 51.7. The van der Waals surface area contributed by atoms with E-state index >= 15 is 0 Å². The number of fused-ring (bicyclic) bond motifs is 1. The van der Waals surface area contributed by atoms with Crippen molar-refractivity contribution < 1.29 is 23.9 Å². The number of carbonyl (C=O) groups is 4. The second-order valence-electron chi connectivity index (χ2n) is 9.01. The molecule has 0 unspecified atom stereocenters. The van der Waals surface area contributed by atoms with Gasteiger partial charge in [0, 0.05) is 44.7 Å². The highest BCUT2D eigenvalue weighted by atomic mass is 16.5. The number of rotatable bonds is 4. The van der Waals surface area contributed by atoms with Crippen LogP contribution >= 0.6 is 0 Å². The first kappa shape index (κ1) is 26.9. The Kier molecular flexibility index (Phi) is 9.21. The van der Waals surface area contributed by atoms with Crippen LogP contribution in [0.1, 0.15) is 63.9 Å². The minimum absolute atomic E-state index is 0.0515. The van der Waals surface area contributed by atoms with Crippen LogP contribution in [0.5, 0.6) is 5.75 Å². The molecule has 194 valence electrons. The molecule has 3 amide bonds. The lowest BCUT2D eigenvalue weighted by atomic mass is 10.1. The molecule has 36 heavy (non-hydrogen) atoms. The monoisotopic (exact) mass is 497 g/mol. The molecule has 2 N–H and O–H groups in total. The van der Waals surface area contributed by atoms with E-state index in [2.05, 4.69) is 15.7 Å². The van der Waals surface area contributed by atoms with Crippen molar-refractivity contribution in [3.05, 3.63) is 46.3 Å². The fraction of sp³-hybridized carbons (Fsp3) is 0.500. The first-order valence-corrected chi connectivity index (χ1v) is 12.3. The lowest BCUT2D eigenvalue weighted by molar-refractivity contribution is -0.132. The largest absolute Gasteiger partial charge is 0.491 e. The van der Waals surface area contributed by atoms with Gasteiger partial charge >= 0.3 is 0 Å². The van der Waals surface area contributed by atoms with E-state index in [-0.39, 0.29) is 49.5 Å². The summed E-state index contributed by atoms with van der Waals surface area (Å²) >= 11 is 0. The number of nitrogens with zero attached hydrogens (tertiary/aromatic N) is 3. The van der Waals surface area contributed by atoms with Crippen LogP contribution in [-0.2, 0) is 16.1 Å². The molecule has 0 spiro atoms. The van der Waals surface area contributed by atoms with Gasteiger partial charge in [0.1, 0.15) is 12.4 Å². The van der Waals surface area contributed by atoms with Gasteiger partial charge in [-0.2, -0.15) is 5.10 Å². The molecule has 0 bridgehead atoms. The maximum absolute atomic E-state index is 13.1. The second kappa shape index (κ2) is 12.3. The molecule has 2 heterocycles. The molecule has 10 nitrogen and oxygen atoms in total. The zero-order chi connectivity index (χ0) is 26.2. The van der Waals surface area contributed by atoms with Crippen LogP contribution in [0, 0.1) is 20.8 Å². The first-order valence-electron chi connectivity index (χ1n) is 12.3. The van der Waals surface area contributed by atoms with Crippen LogP contribution in [0.2, 0.25) is 0 Å². The standard InChI is InChI=1S/C26H35N5O5/c1-17-7-8-22-21(16-17)26(35)28-10-14-30(12-5-6-23(33)27-11-15-36-22)24(34)9-13-31-19(3)25(20(4)32)18(2)29-31/h7-8,16H,5-6,9-15H2,1-4H3,(H,27,33)(H,28,35). The zero-order valence-electron chi connectivity index (χ0n) is 21.5. The first-order chi connectivity index (χ1) is 17.2. The average molecular weight is 498 g/mol. The van der Waals surface area contributed by atoms with Crippen molar-refractivity contribution in [1.29, 1.82) is 0 Å². The third-order valence-corrected chi connectivity index (χ3v) is 6.18. The van der Waals surface area contributed by atoms with Gasteiger partial charge in [0.25, 0.3) is 5.91 Å². The molecule has 0 saturated heterocycles. The number of carbonyl (C=O) groups excluding carboxylic acids is 4. The van der Waals surface area contributed by atoms with E-state index < -0.39 is 0 Å². The summed E-state index contributed by atoms with van der Waals surface area (Å²) in [6.45, 7) is 8.88. The number of Topliss-reactive ketones (excluding diaryl/α,β-unsaturated/α-hetero) is 1. The van der Waals surface area contributed by atoms with E-state index in [1.54, 1.807) is 28.6 Å². The highest BCUT2D eigenvalue weighted by molar-refractivity contribution is 5.97. The highest BCUT2D eigenvalue weighted by Crippen LogP contribution is 2.20. The van der Waals surface area contributed by atoms with Crippen molar-refractivity contribution >= 4 is 23.5 Å². The number of ketones is 1. The van der Waals surface area contributed by atoms with Crippen molar-refractivity contribution in [2.45, 2.75) is 53.5 Å². The lowest BCUT2D eigenvalue weighted by Crippen LogP contribution is -2.40. The van der Waals surface area contributed by atoms with Crippen molar-refractivity contribution in [3.63, 3.8) is 0 Å². The molecule has 1 aliphatic rings. The van der Waals surface area contributed by atoms with Crippen LogP contribution in [-0.4, -0.2) is 71.0 Å². The van der Waals surface area contributed by atoms with Crippen LogP contribution in [0.4, 0.5) is 0 Å². The quantitative estimate of drug-likeness (QED) is 0.623. The van der Waals surface area contributed by atoms with E-state index in [4.69, 9.17) is 4.74 Å². The number of aromatic nitrogens is 2. The summed E-state index contributed by atoms with van der Waals surface area (Å²) in [5.41, 5.74) is 3.32. The number of hydrogen-bond donors (Lipinski definition) is 2. The zero-order valence-corrected chi connectivity index (χ0v) is 21.5. The van der Waals surface area contributed by atoms with Gasteiger partial charge in [0.05, 0.1) is 23.4 Å². The molecule has 3 rings (SSSR count). The SMILES string of the molecule is CC(=O)c1c(C)nn(CCC(=O)N2CCCC(=O)NCCOc3ccc(C)cc3C(=O)NCC2)c1C. The van der Waals surface area contributed by atoms with Crippen LogP contribution in [0.25, 0.3) is 0 Å². The van der Waals surface area contributed by atoms with E-state index in [1.807, 2.05) is 19.9 Å². The Morgan fingerprint density at radius 2 is 1.86 bits per heavy atom. The second-order valence-corrected chi connectivity index (χ2v) is 9.01. The van der Waals surface area contributed by atoms with Crippen LogP contribution < -0.4 is 15.4 Å². The highest BCUT2D eigenvalue weighted by Gasteiger charge is 2.19. The minimum Gasteiger partial charge on any atom is -0.491 e. The molecule has 1 aromatic heterocycles. The summed E-state index contributed by atoms with van der Waals surface area (Å²) in [5.74, 6) is -0.0992. The number of aryl methyl sites for hydroxylation is 3. The lowest BCUT2D eigenvalue weighted by Gasteiger charge is -2.23. The molecular weight excluding hydrogens is 462 g/mol. The minimum atomic E-state index is -0.278. The molecular formula is C26H35N5O5. The molecule has 0 fully saturated rings. The van der Waals surface area contributed by atoms with Gasteiger partial charge in [0.2, 0.25) is 11.8 Å². The summed E-state index contributed by atoms with van der Waals surface area (Å²) in [6, 6.07) is 5.37. The molecule has 2 aromatic rings. The summed E-state index contributed by atoms with van der Waals surface area (Å²) in [6.07, 6.45) is 0.973. The Morgan fingerprint density at radius 1 is 1.08 bits per heavy atom. The van der Waals surface area contributed by atoms with Crippen molar-refractivity contribution in [2.75, 3.05) is 32.8 Å². The maximum Gasteiger partial charge on any atom is 0.255 e. The number of benzene rings is 1. The van der Waals surface area contributed by atoms with Crippen LogP contribution in [0.15, 0.2) is 18.2 Å². The third kappa shape index (κ3) is 6.93. The van der Waals surface area contributed by atoms with Gasteiger partial charge in [-0.05, 0) is 46.2 Å². The summed E-state index contributed by atoms with van der Waals surface area (Å²) < 4.78 is 7.42. The molecule has 10 heteroatoms. The van der Waals surface area contributed by atoms with Crippen molar-refractivity contribution in [1.82, 2.24) is 25.3 Å². The maximum atomic E-state index is 13.1. The van der Waals surface area contributed by atoms with Crippen molar-refractivity contribution in [2.24, 2.45) is 0 Å². The third-order valence-electron chi connectivity index (χ3n) is 6.18. The van der Waals surface area contributed by atoms with E-state index in [1.165, 1.54) is 6.92 Å². The number of amides is 3. The van der Waals surface area contributed by atoms with Gasteiger partial charge in [-0.1, -0.05) is 11.6 Å². The van der Waals surface area contributed by atoms with Gasteiger partial charge in [-0.15, -0.1) is 0 Å². The fourth-order valence-corrected chi connectivity index (χ4v) is 4.36. The smallest absolute Gasteiger partial charge is 0.255 e. The van der Waals surface area contributed by atoms with Crippen molar-refractivity contribution in [3.8, 4) is 5.75 Å². The Hall–Kier alpha value is -3.69. The predicted molar refractivity (Wildman–Crippen MR) is 134 cm³/mol. The Bertz CT molecular complexity index is 1140. The van der Waals surface area contributed by atoms with E-state index in [0.717, 1.165) is 11.3 Å². The van der Waals surface area contributed by atoms with Gasteiger partial charge in [-0.3, -0.25) is 23.9 Å². The van der Waals surface area contributed by atoms with Gasteiger partial charge in [-0.25, -0.2) is 0 Å². The topological polar surface area (TPSA) is 123 Å². The van der Waals surface area contributed by atoms with E-state index in [9.17, 15) is 19.2 Å².